The zero-order valence-corrected chi connectivity index (χ0v) is 20.3. The van der Waals surface area contributed by atoms with Gasteiger partial charge in [0, 0.05) is 18.9 Å². The molecule has 0 amide bonds. The van der Waals surface area contributed by atoms with Crippen LogP contribution in [-0.2, 0) is 9.47 Å². The molecule has 0 aliphatic carbocycles. The first kappa shape index (κ1) is 27.8. The molecule has 8 heteroatoms. The lowest BCUT2D eigenvalue weighted by molar-refractivity contribution is -0.0626. The SMILES string of the molecule is CCCCCCCCCCCCCCCCOC1C(CO)OC(n2ccc(=O)[nH]c2=O)C1O. The fourth-order valence-electron chi connectivity index (χ4n) is 4.45. The molecule has 1 aromatic heterocycles. The maximum absolute atomic E-state index is 12.0. The van der Waals surface area contributed by atoms with Gasteiger partial charge < -0.3 is 19.7 Å². The van der Waals surface area contributed by atoms with Crippen molar-refractivity contribution in [2.24, 2.45) is 0 Å². The van der Waals surface area contributed by atoms with Crippen LogP contribution in [0.5, 0.6) is 0 Å². The number of nitrogens with one attached hydrogen (secondary N) is 1. The van der Waals surface area contributed by atoms with Gasteiger partial charge in [-0.25, -0.2) is 4.79 Å². The maximum Gasteiger partial charge on any atom is 0.330 e. The van der Waals surface area contributed by atoms with E-state index in [9.17, 15) is 19.8 Å². The van der Waals surface area contributed by atoms with Crippen molar-refractivity contribution in [2.45, 2.75) is 121 Å². The minimum atomic E-state index is -1.11. The third kappa shape index (κ3) is 9.73. The predicted octanol–water partition coefficient (Wildman–Crippen LogP) is 3.65. The number of hydrogen-bond donors (Lipinski definition) is 3. The van der Waals surface area contributed by atoms with Crippen molar-refractivity contribution in [1.29, 1.82) is 0 Å². The van der Waals surface area contributed by atoms with Crippen LogP contribution < -0.4 is 11.2 Å². The minimum Gasteiger partial charge on any atom is -0.394 e. The quantitative estimate of drug-likeness (QED) is 0.283. The van der Waals surface area contributed by atoms with Gasteiger partial charge >= 0.3 is 5.69 Å². The number of aliphatic hydroxyl groups is 2. The third-order valence-electron chi connectivity index (χ3n) is 6.42. The number of unbranched alkanes of at least 4 members (excludes halogenated alkanes) is 13. The Morgan fingerprint density at radius 3 is 2.00 bits per heavy atom. The van der Waals surface area contributed by atoms with E-state index in [1.807, 2.05) is 0 Å². The minimum absolute atomic E-state index is 0.324. The molecule has 4 atom stereocenters. The Labute approximate surface area is 197 Å². The highest BCUT2D eigenvalue weighted by molar-refractivity contribution is 4.93. The third-order valence-corrected chi connectivity index (χ3v) is 6.42. The number of hydrogen-bond acceptors (Lipinski definition) is 6. The van der Waals surface area contributed by atoms with Crippen molar-refractivity contribution >= 4 is 0 Å². The van der Waals surface area contributed by atoms with Gasteiger partial charge in [0.25, 0.3) is 5.56 Å². The molecule has 1 fully saturated rings. The van der Waals surface area contributed by atoms with Crippen LogP contribution >= 0.6 is 0 Å². The number of aliphatic hydroxyl groups excluding tert-OH is 2. The number of ether oxygens (including phenoxy) is 2. The molecule has 0 spiro atoms. The molecule has 190 valence electrons. The van der Waals surface area contributed by atoms with E-state index in [1.54, 1.807) is 0 Å². The lowest BCUT2D eigenvalue weighted by atomic mass is 10.0. The molecule has 0 saturated carbocycles. The van der Waals surface area contributed by atoms with E-state index in [0.717, 1.165) is 17.4 Å². The molecular formula is C25H44N2O6. The molecule has 1 aliphatic heterocycles. The number of aromatic nitrogens is 2. The predicted molar refractivity (Wildman–Crippen MR) is 128 cm³/mol. The number of nitrogens with zero attached hydrogens (tertiary/aromatic N) is 1. The topological polar surface area (TPSA) is 114 Å². The van der Waals surface area contributed by atoms with Crippen LogP contribution in [0.1, 0.15) is 103 Å². The lowest BCUT2D eigenvalue weighted by Gasteiger charge is -2.20. The van der Waals surface area contributed by atoms with Crippen LogP contribution in [0.25, 0.3) is 0 Å². The largest absolute Gasteiger partial charge is 0.394 e. The van der Waals surface area contributed by atoms with E-state index >= 15 is 0 Å². The normalized spacial score (nSPS) is 22.8. The number of rotatable bonds is 18. The highest BCUT2D eigenvalue weighted by Gasteiger charge is 2.45. The summed E-state index contributed by atoms with van der Waals surface area (Å²) in [5.74, 6) is 0. The first-order valence-corrected chi connectivity index (χ1v) is 13.0. The molecule has 33 heavy (non-hydrogen) atoms. The highest BCUT2D eigenvalue weighted by atomic mass is 16.6. The summed E-state index contributed by atoms with van der Waals surface area (Å²) < 4.78 is 12.6. The average molecular weight is 469 g/mol. The standard InChI is InChI=1S/C25H44N2O6/c1-2-3-4-5-6-7-8-9-10-11-12-13-14-15-18-32-23-20(19-28)33-24(22(23)30)27-17-16-21(29)26-25(27)31/h16-17,20,22-24,28,30H,2-15,18-19H2,1H3,(H,26,29,31). The molecule has 8 nitrogen and oxygen atoms in total. The highest BCUT2D eigenvalue weighted by Crippen LogP contribution is 2.30. The van der Waals surface area contributed by atoms with Gasteiger partial charge in [0.1, 0.15) is 18.3 Å². The number of H-pyrrole nitrogens is 1. The summed E-state index contributed by atoms with van der Waals surface area (Å²) in [6.07, 6.45) is 15.6. The second kappa shape index (κ2) is 16.2. The van der Waals surface area contributed by atoms with E-state index in [4.69, 9.17) is 9.47 Å². The Morgan fingerprint density at radius 1 is 0.939 bits per heavy atom. The van der Waals surface area contributed by atoms with Gasteiger partial charge in [-0.3, -0.25) is 14.3 Å². The summed E-state index contributed by atoms with van der Waals surface area (Å²) in [6.45, 7) is 2.40. The van der Waals surface area contributed by atoms with Gasteiger partial charge in [0.2, 0.25) is 0 Å². The van der Waals surface area contributed by atoms with Gasteiger partial charge in [0.15, 0.2) is 6.23 Å². The number of aromatic amines is 1. The van der Waals surface area contributed by atoms with Gasteiger partial charge in [-0.2, -0.15) is 0 Å². The molecule has 2 heterocycles. The van der Waals surface area contributed by atoms with Crippen LogP contribution in [0.4, 0.5) is 0 Å². The van der Waals surface area contributed by atoms with E-state index in [0.29, 0.717) is 6.61 Å². The van der Waals surface area contributed by atoms with Crippen molar-refractivity contribution in [2.75, 3.05) is 13.2 Å². The Kier molecular flexibility index (Phi) is 13.6. The fourth-order valence-corrected chi connectivity index (χ4v) is 4.45. The second-order valence-corrected chi connectivity index (χ2v) is 9.19. The first-order chi connectivity index (χ1) is 16.1. The summed E-state index contributed by atoms with van der Waals surface area (Å²) in [7, 11) is 0. The van der Waals surface area contributed by atoms with Gasteiger partial charge in [-0.1, -0.05) is 90.4 Å². The summed E-state index contributed by atoms with van der Waals surface area (Å²) in [5, 5.41) is 20.2. The Morgan fingerprint density at radius 2 is 1.48 bits per heavy atom. The lowest BCUT2D eigenvalue weighted by Crippen LogP contribution is -2.39. The van der Waals surface area contributed by atoms with Crippen molar-refractivity contribution in [3.8, 4) is 0 Å². The average Bonchev–Trinajstić information content (AvgIpc) is 3.11. The molecule has 0 aromatic carbocycles. The van der Waals surface area contributed by atoms with Gasteiger partial charge in [-0.15, -0.1) is 0 Å². The summed E-state index contributed by atoms with van der Waals surface area (Å²) >= 11 is 0. The Balaban J connectivity index is 1.54. The van der Waals surface area contributed by atoms with E-state index in [2.05, 4.69) is 11.9 Å². The zero-order valence-electron chi connectivity index (χ0n) is 20.3. The van der Waals surface area contributed by atoms with E-state index < -0.39 is 35.8 Å². The van der Waals surface area contributed by atoms with E-state index in [1.165, 1.54) is 89.3 Å². The van der Waals surface area contributed by atoms with Crippen LogP contribution in [0.3, 0.4) is 0 Å². The first-order valence-electron chi connectivity index (χ1n) is 13.0. The molecular weight excluding hydrogens is 424 g/mol. The van der Waals surface area contributed by atoms with Crippen molar-refractivity contribution in [3.05, 3.63) is 33.1 Å². The van der Waals surface area contributed by atoms with Crippen molar-refractivity contribution in [1.82, 2.24) is 9.55 Å². The van der Waals surface area contributed by atoms with Crippen molar-refractivity contribution < 1.29 is 19.7 Å². The van der Waals surface area contributed by atoms with Crippen LogP contribution in [0.15, 0.2) is 21.9 Å². The summed E-state index contributed by atoms with van der Waals surface area (Å²) in [6, 6.07) is 1.19. The van der Waals surface area contributed by atoms with Crippen LogP contribution in [-0.4, -0.2) is 51.3 Å². The summed E-state index contributed by atoms with van der Waals surface area (Å²) in [4.78, 5) is 25.4. The fraction of sp³-hybridized carbons (Fsp3) is 0.840. The monoisotopic (exact) mass is 468 g/mol. The van der Waals surface area contributed by atoms with Gasteiger partial charge in [-0.05, 0) is 6.42 Å². The molecule has 4 unspecified atom stereocenters. The maximum atomic E-state index is 12.0. The molecule has 2 rings (SSSR count). The molecule has 3 N–H and O–H groups in total. The van der Waals surface area contributed by atoms with Crippen LogP contribution in [0, 0.1) is 0 Å². The molecule has 0 bridgehead atoms. The summed E-state index contributed by atoms with van der Waals surface area (Å²) in [5.41, 5.74) is -1.19. The molecule has 1 saturated heterocycles. The van der Waals surface area contributed by atoms with E-state index in [-0.39, 0.29) is 6.61 Å². The van der Waals surface area contributed by atoms with Crippen molar-refractivity contribution in [3.63, 3.8) is 0 Å². The van der Waals surface area contributed by atoms with Crippen LogP contribution in [0.2, 0.25) is 0 Å². The Bertz CT molecular complexity index is 749. The second-order valence-electron chi connectivity index (χ2n) is 9.19. The smallest absolute Gasteiger partial charge is 0.330 e. The molecule has 0 radical (unpaired) electrons. The van der Waals surface area contributed by atoms with Gasteiger partial charge in [0.05, 0.1) is 6.61 Å². The zero-order chi connectivity index (χ0) is 23.9. The molecule has 1 aromatic rings. The Hall–Kier alpha value is -1.48. The molecule has 1 aliphatic rings.